The molecule has 5 nitrogen and oxygen atoms in total. The van der Waals surface area contributed by atoms with Crippen LogP contribution in [0.1, 0.15) is 39.0 Å². The zero-order chi connectivity index (χ0) is 11.6. The van der Waals surface area contributed by atoms with Crippen molar-refractivity contribution >= 4 is 12.1 Å². The molecule has 3 N–H and O–H groups in total. The predicted molar refractivity (Wildman–Crippen MR) is 60.7 cm³/mol. The molecule has 2 rings (SSSR count). The van der Waals surface area contributed by atoms with Crippen LogP contribution >= 0.6 is 0 Å². The molecule has 2 aliphatic rings. The number of nitrogens with one attached hydrogen (secondary N) is 1. The third kappa shape index (κ3) is 2.04. The molecule has 0 spiro atoms. The molecule has 0 amide bonds. The Morgan fingerprint density at radius 1 is 1.56 bits per heavy atom. The minimum atomic E-state index is -0.659. The Labute approximate surface area is 95.4 Å². The van der Waals surface area contributed by atoms with E-state index in [2.05, 4.69) is 17.4 Å². The van der Waals surface area contributed by atoms with Crippen molar-refractivity contribution in [3.05, 3.63) is 0 Å². The maximum absolute atomic E-state index is 10.5. The summed E-state index contributed by atoms with van der Waals surface area (Å²) >= 11 is 0. The zero-order valence-electron chi connectivity index (χ0n) is 9.61. The Morgan fingerprint density at radius 3 is 2.81 bits per heavy atom. The molecule has 5 heteroatoms. The van der Waals surface area contributed by atoms with Crippen LogP contribution in [0.15, 0.2) is 5.16 Å². The molecule has 1 aliphatic carbocycles. The highest BCUT2D eigenvalue weighted by Crippen LogP contribution is 2.38. The highest BCUT2D eigenvalue weighted by atomic mass is 16.7. The fourth-order valence-corrected chi connectivity index (χ4v) is 2.52. The zero-order valence-corrected chi connectivity index (χ0v) is 9.61. The molecule has 16 heavy (non-hydrogen) atoms. The average Bonchev–Trinajstić information content (AvgIpc) is 2.77. The summed E-state index contributed by atoms with van der Waals surface area (Å²) in [7, 11) is 0. The van der Waals surface area contributed by atoms with E-state index in [4.69, 9.17) is 10.6 Å². The van der Waals surface area contributed by atoms with E-state index >= 15 is 0 Å². The molecule has 1 heterocycles. The summed E-state index contributed by atoms with van der Waals surface area (Å²) in [4.78, 5) is 15.4. The summed E-state index contributed by atoms with van der Waals surface area (Å²) in [5, 5.41) is 6.76. The number of amidine groups is 1. The lowest BCUT2D eigenvalue weighted by atomic mass is 9.70. The monoisotopic (exact) mass is 225 g/mol. The first-order valence-corrected chi connectivity index (χ1v) is 5.87. The van der Waals surface area contributed by atoms with Crippen LogP contribution in [0.25, 0.3) is 0 Å². The Morgan fingerprint density at radius 2 is 2.25 bits per heavy atom. The smallest absolute Gasteiger partial charge is 0.254 e. The quantitative estimate of drug-likeness (QED) is 0.695. The lowest BCUT2D eigenvalue weighted by Crippen LogP contribution is -2.51. The molecular weight excluding hydrogens is 206 g/mol. The van der Waals surface area contributed by atoms with Crippen LogP contribution in [0.3, 0.4) is 0 Å². The minimum absolute atomic E-state index is 0.0746. The molecule has 0 aromatic heterocycles. The van der Waals surface area contributed by atoms with Gasteiger partial charge in [0, 0.05) is 0 Å². The lowest BCUT2D eigenvalue weighted by molar-refractivity contribution is -0.117. The van der Waals surface area contributed by atoms with E-state index in [0.29, 0.717) is 12.1 Å². The second-order valence-corrected chi connectivity index (χ2v) is 4.98. The number of carbonyl (C=O) groups excluding carboxylic acids is 1. The number of hydrogen-bond donors (Lipinski definition) is 2. The Balaban J connectivity index is 2.01. The molecule has 1 fully saturated rings. The first-order chi connectivity index (χ1) is 7.65. The van der Waals surface area contributed by atoms with E-state index in [0.717, 1.165) is 12.8 Å². The van der Waals surface area contributed by atoms with Gasteiger partial charge in [0.2, 0.25) is 0 Å². The fourth-order valence-electron chi connectivity index (χ4n) is 2.52. The van der Waals surface area contributed by atoms with Crippen LogP contribution in [0, 0.1) is 5.41 Å². The number of rotatable bonds is 3. The van der Waals surface area contributed by atoms with Crippen molar-refractivity contribution in [2.45, 2.75) is 51.3 Å². The second kappa shape index (κ2) is 4.41. The number of nitrogens with zero attached hydrogens (tertiary/aromatic N) is 1. The van der Waals surface area contributed by atoms with Crippen LogP contribution in [0.5, 0.6) is 0 Å². The van der Waals surface area contributed by atoms with Gasteiger partial charge in [-0.15, -0.1) is 0 Å². The maximum Gasteiger partial charge on any atom is 0.254 e. The third-order valence-electron chi connectivity index (χ3n) is 3.72. The number of nitrogens with two attached hydrogens (primary N) is 1. The van der Waals surface area contributed by atoms with E-state index in [9.17, 15) is 4.79 Å². The van der Waals surface area contributed by atoms with Crippen LogP contribution in [-0.2, 0) is 9.63 Å². The van der Waals surface area contributed by atoms with Gasteiger partial charge >= 0.3 is 0 Å². The number of carbonyl (C=O) groups is 1. The summed E-state index contributed by atoms with van der Waals surface area (Å²) < 4.78 is 0. The Kier molecular flexibility index (Phi) is 3.14. The van der Waals surface area contributed by atoms with E-state index in [-0.39, 0.29) is 11.5 Å². The van der Waals surface area contributed by atoms with E-state index in [1.54, 1.807) is 0 Å². The van der Waals surface area contributed by atoms with Gasteiger partial charge in [-0.25, -0.2) is 0 Å². The molecule has 2 atom stereocenters. The lowest BCUT2D eigenvalue weighted by Gasteiger charge is -2.38. The molecule has 0 radical (unpaired) electrons. The van der Waals surface area contributed by atoms with Crippen molar-refractivity contribution < 1.29 is 9.63 Å². The summed E-state index contributed by atoms with van der Waals surface area (Å²) in [6, 6.07) is -0.169. The molecular formula is C11H19N3O2. The first kappa shape index (κ1) is 11.4. The highest BCUT2D eigenvalue weighted by Gasteiger charge is 2.38. The van der Waals surface area contributed by atoms with Gasteiger partial charge in [-0.05, 0) is 18.3 Å². The molecule has 0 saturated heterocycles. The summed E-state index contributed by atoms with van der Waals surface area (Å²) in [5.41, 5.74) is 6.29. The van der Waals surface area contributed by atoms with Crippen molar-refractivity contribution in [3.63, 3.8) is 0 Å². The van der Waals surface area contributed by atoms with Crippen molar-refractivity contribution in [2.75, 3.05) is 0 Å². The predicted octanol–water partition coefficient (Wildman–Crippen LogP) is 0.742. The van der Waals surface area contributed by atoms with Crippen molar-refractivity contribution in [3.8, 4) is 0 Å². The van der Waals surface area contributed by atoms with E-state index < -0.39 is 6.23 Å². The summed E-state index contributed by atoms with van der Waals surface area (Å²) in [5.74, 6) is 0.613. The van der Waals surface area contributed by atoms with Gasteiger partial charge in [0.15, 0.2) is 12.1 Å². The van der Waals surface area contributed by atoms with Gasteiger partial charge in [-0.1, -0.05) is 31.3 Å². The van der Waals surface area contributed by atoms with E-state index in [1.807, 2.05) is 0 Å². The largest absolute Gasteiger partial charge is 0.361 e. The molecule has 2 unspecified atom stereocenters. The molecule has 0 aromatic carbocycles. The van der Waals surface area contributed by atoms with Crippen LogP contribution in [0.4, 0.5) is 0 Å². The van der Waals surface area contributed by atoms with Gasteiger partial charge in [0.25, 0.3) is 6.23 Å². The third-order valence-corrected chi connectivity index (χ3v) is 3.72. The normalized spacial score (nSPS) is 29.9. The van der Waals surface area contributed by atoms with Gasteiger partial charge < -0.3 is 15.9 Å². The Bertz CT molecular complexity index is 298. The number of oxime groups is 1. The van der Waals surface area contributed by atoms with Gasteiger partial charge in [0.1, 0.15) is 0 Å². The maximum atomic E-state index is 10.5. The number of aldehydes is 1. The van der Waals surface area contributed by atoms with Crippen molar-refractivity contribution in [2.24, 2.45) is 16.3 Å². The molecule has 90 valence electrons. The summed E-state index contributed by atoms with van der Waals surface area (Å²) in [6.45, 7) is 2.19. The highest BCUT2D eigenvalue weighted by molar-refractivity contribution is 5.90. The van der Waals surface area contributed by atoms with E-state index in [1.165, 1.54) is 19.3 Å². The summed E-state index contributed by atoms with van der Waals surface area (Å²) in [6.07, 6.45) is 5.97. The standard InChI is InChI=1S/C11H19N3O2/c1-11(5-3-2-4-6-11)9(12)10-13-8(7-15)16-14-10/h7-9H,2-6,12H2,1H3,(H,13,14). The minimum Gasteiger partial charge on any atom is -0.361 e. The fraction of sp³-hybridized carbons (Fsp3) is 0.818. The van der Waals surface area contributed by atoms with Gasteiger partial charge in [-0.2, -0.15) is 0 Å². The van der Waals surface area contributed by atoms with Crippen LogP contribution in [0.2, 0.25) is 0 Å². The second-order valence-electron chi connectivity index (χ2n) is 4.98. The molecule has 1 aliphatic heterocycles. The first-order valence-electron chi connectivity index (χ1n) is 5.87. The molecule has 0 bridgehead atoms. The van der Waals surface area contributed by atoms with Crippen LogP contribution in [-0.4, -0.2) is 24.4 Å². The van der Waals surface area contributed by atoms with Gasteiger partial charge in [0.05, 0.1) is 6.04 Å². The Hall–Kier alpha value is -1.10. The van der Waals surface area contributed by atoms with Crippen LogP contribution < -0.4 is 11.1 Å². The average molecular weight is 225 g/mol. The van der Waals surface area contributed by atoms with Crippen molar-refractivity contribution in [1.29, 1.82) is 0 Å². The van der Waals surface area contributed by atoms with Crippen molar-refractivity contribution in [1.82, 2.24) is 5.32 Å². The van der Waals surface area contributed by atoms with Gasteiger partial charge in [-0.3, -0.25) is 4.79 Å². The molecule has 1 saturated carbocycles. The topological polar surface area (TPSA) is 76.7 Å². The SMILES string of the molecule is CC1(C(N)C2=NOC(C=O)N2)CCCCC1. The molecule has 0 aromatic rings. The number of hydrogen-bond acceptors (Lipinski definition) is 5.